The molecule has 0 aliphatic heterocycles. The van der Waals surface area contributed by atoms with E-state index in [0.717, 1.165) is 0 Å². The first kappa shape index (κ1) is 12.6. The van der Waals surface area contributed by atoms with E-state index in [1.54, 1.807) is 25.2 Å². The summed E-state index contributed by atoms with van der Waals surface area (Å²) in [5.74, 6) is 0.632. The molecule has 1 aromatic heterocycles. The van der Waals surface area contributed by atoms with Crippen molar-refractivity contribution in [3.05, 3.63) is 33.8 Å². The maximum Gasteiger partial charge on any atom is 0.168 e. The molecule has 2 aromatic rings. The van der Waals surface area contributed by atoms with Crippen molar-refractivity contribution in [3.8, 4) is 11.8 Å². The van der Waals surface area contributed by atoms with Gasteiger partial charge in [-0.2, -0.15) is 5.26 Å². The summed E-state index contributed by atoms with van der Waals surface area (Å²) >= 11 is 11.9. The predicted molar refractivity (Wildman–Crippen MR) is 72.3 cm³/mol. The monoisotopic (exact) mass is 281 g/mol. The highest BCUT2D eigenvalue weighted by atomic mass is 35.5. The number of anilines is 2. The molecule has 2 rings (SSSR count). The molecule has 1 aromatic carbocycles. The van der Waals surface area contributed by atoms with Crippen LogP contribution >= 0.6 is 23.2 Å². The van der Waals surface area contributed by atoms with Crippen molar-refractivity contribution in [1.82, 2.24) is 9.78 Å². The van der Waals surface area contributed by atoms with E-state index in [-0.39, 0.29) is 11.4 Å². The molecule has 1 heterocycles. The molecule has 0 amide bonds. The average Bonchev–Trinajstić information content (AvgIpc) is 2.66. The first-order valence-corrected chi connectivity index (χ1v) is 5.76. The summed E-state index contributed by atoms with van der Waals surface area (Å²) in [6.45, 7) is 0. The fourth-order valence-electron chi connectivity index (χ4n) is 1.55. The second-order valence-corrected chi connectivity index (χ2v) is 4.32. The number of nitrogens with zero attached hydrogens (tertiary/aromatic N) is 3. The molecule has 5 nitrogen and oxygen atoms in total. The number of halogens is 2. The quantitative estimate of drug-likeness (QED) is 0.887. The number of rotatable bonds is 2. The number of aromatic nitrogens is 2. The van der Waals surface area contributed by atoms with Gasteiger partial charge >= 0.3 is 0 Å². The van der Waals surface area contributed by atoms with Crippen LogP contribution in [0.1, 0.15) is 5.56 Å². The highest BCUT2D eigenvalue weighted by molar-refractivity contribution is 6.35. The van der Waals surface area contributed by atoms with E-state index in [2.05, 4.69) is 10.4 Å². The van der Waals surface area contributed by atoms with Crippen LogP contribution in [0.5, 0.6) is 0 Å². The van der Waals surface area contributed by atoms with Crippen LogP contribution in [0, 0.1) is 11.3 Å². The van der Waals surface area contributed by atoms with Crippen LogP contribution in [-0.2, 0) is 0 Å². The summed E-state index contributed by atoms with van der Waals surface area (Å²) in [4.78, 5) is 0. The molecule has 0 spiro atoms. The lowest BCUT2D eigenvalue weighted by Crippen LogP contribution is -2.03. The number of nitrogens with one attached hydrogen (secondary N) is 1. The number of nitriles is 1. The Morgan fingerprint density at radius 2 is 2.17 bits per heavy atom. The Bertz CT molecular complexity index is 642. The van der Waals surface area contributed by atoms with Crippen LogP contribution < -0.4 is 11.1 Å². The fraction of sp³-hybridized carbons (Fsp3) is 0.0909. The summed E-state index contributed by atoms with van der Waals surface area (Å²) in [5.41, 5.74) is 6.72. The zero-order chi connectivity index (χ0) is 13.3. The smallest absolute Gasteiger partial charge is 0.168 e. The maximum absolute atomic E-state index is 9.03. The summed E-state index contributed by atoms with van der Waals surface area (Å²) in [7, 11) is 1.66. The van der Waals surface area contributed by atoms with Crippen molar-refractivity contribution >= 4 is 34.8 Å². The molecule has 0 fully saturated rings. The minimum Gasteiger partial charge on any atom is -0.382 e. The van der Waals surface area contributed by atoms with Gasteiger partial charge in [0, 0.05) is 12.1 Å². The van der Waals surface area contributed by atoms with Gasteiger partial charge < -0.3 is 11.1 Å². The van der Waals surface area contributed by atoms with Gasteiger partial charge in [-0.15, -0.1) is 5.10 Å². The molecule has 92 valence electrons. The standard InChI is InChI=1S/C11H9Cl2N5/c1-16-11-7(5-14)10(15)18(17-11)9-3-2-6(12)4-8(9)13/h2-4H,15H2,1H3,(H,16,17). The van der Waals surface area contributed by atoms with Crippen molar-refractivity contribution in [2.45, 2.75) is 0 Å². The summed E-state index contributed by atoms with van der Waals surface area (Å²) < 4.78 is 1.41. The SMILES string of the molecule is CNc1nn(-c2ccc(Cl)cc2Cl)c(N)c1C#N. The van der Waals surface area contributed by atoms with E-state index < -0.39 is 0 Å². The van der Waals surface area contributed by atoms with E-state index in [9.17, 15) is 0 Å². The van der Waals surface area contributed by atoms with E-state index in [1.807, 2.05) is 6.07 Å². The van der Waals surface area contributed by atoms with Crippen LogP contribution in [0.2, 0.25) is 10.0 Å². The van der Waals surface area contributed by atoms with Gasteiger partial charge in [-0.1, -0.05) is 23.2 Å². The topological polar surface area (TPSA) is 79.7 Å². The van der Waals surface area contributed by atoms with E-state index in [0.29, 0.717) is 21.6 Å². The van der Waals surface area contributed by atoms with Gasteiger partial charge in [0.05, 0.1) is 10.7 Å². The molecule has 0 aliphatic rings. The van der Waals surface area contributed by atoms with Gasteiger partial charge in [0.15, 0.2) is 5.82 Å². The zero-order valence-corrected chi connectivity index (χ0v) is 10.9. The molecule has 18 heavy (non-hydrogen) atoms. The highest BCUT2D eigenvalue weighted by Gasteiger charge is 2.17. The first-order valence-electron chi connectivity index (χ1n) is 5.00. The summed E-state index contributed by atoms with van der Waals surface area (Å²) in [5, 5.41) is 16.9. The number of nitrogen functional groups attached to an aromatic ring is 1. The van der Waals surface area contributed by atoms with E-state index in [1.165, 1.54) is 4.68 Å². The Morgan fingerprint density at radius 3 is 2.67 bits per heavy atom. The van der Waals surface area contributed by atoms with Crippen LogP contribution in [0.3, 0.4) is 0 Å². The Labute approximate surface area is 114 Å². The lowest BCUT2D eigenvalue weighted by molar-refractivity contribution is 0.894. The van der Waals surface area contributed by atoms with Crippen LogP contribution in [0.25, 0.3) is 5.69 Å². The third kappa shape index (κ3) is 1.96. The Hall–Kier alpha value is -1.90. The lowest BCUT2D eigenvalue weighted by Gasteiger charge is -2.06. The zero-order valence-electron chi connectivity index (χ0n) is 9.41. The maximum atomic E-state index is 9.03. The molecule has 0 radical (unpaired) electrons. The Kier molecular flexibility index (Phi) is 3.32. The Balaban J connectivity index is 2.65. The highest BCUT2D eigenvalue weighted by Crippen LogP contribution is 2.29. The fourth-order valence-corrected chi connectivity index (χ4v) is 2.04. The first-order chi connectivity index (χ1) is 8.58. The van der Waals surface area contributed by atoms with E-state index in [4.69, 9.17) is 34.2 Å². The van der Waals surface area contributed by atoms with E-state index >= 15 is 0 Å². The molecular weight excluding hydrogens is 273 g/mol. The van der Waals surface area contributed by atoms with Crippen molar-refractivity contribution < 1.29 is 0 Å². The minimum atomic E-state index is 0.228. The summed E-state index contributed by atoms with van der Waals surface area (Å²) in [6, 6.07) is 6.95. The van der Waals surface area contributed by atoms with Crippen LogP contribution in [0.15, 0.2) is 18.2 Å². The van der Waals surface area contributed by atoms with Gasteiger partial charge in [-0.05, 0) is 18.2 Å². The number of nitrogens with two attached hydrogens (primary N) is 1. The van der Waals surface area contributed by atoms with Crippen molar-refractivity contribution in [1.29, 1.82) is 5.26 Å². The normalized spacial score (nSPS) is 10.1. The molecule has 0 aliphatic carbocycles. The Morgan fingerprint density at radius 1 is 1.44 bits per heavy atom. The molecule has 0 saturated heterocycles. The molecule has 0 bridgehead atoms. The van der Waals surface area contributed by atoms with Gasteiger partial charge in [0.2, 0.25) is 0 Å². The van der Waals surface area contributed by atoms with Gasteiger partial charge in [-0.3, -0.25) is 0 Å². The van der Waals surface area contributed by atoms with Crippen molar-refractivity contribution in [3.63, 3.8) is 0 Å². The van der Waals surface area contributed by atoms with Gasteiger partial charge in [-0.25, -0.2) is 4.68 Å². The second-order valence-electron chi connectivity index (χ2n) is 3.48. The molecule has 7 heteroatoms. The van der Waals surface area contributed by atoms with Crippen molar-refractivity contribution in [2.24, 2.45) is 0 Å². The van der Waals surface area contributed by atoms with Gasteiger partial charge in [0.25, 0.3) is 0 Å². The van der Waals surface area contributed by atoms with Gasteiger partial charge in [0.1, 0.15) is 17.5 Å². The molecule has 0 saturated carbocycles. The molecular formula is C11H9Cl2N5. The summed E-state index contributed by atoms with van der Waals surface area (Å²) in [6.07, 6.45) is 0. The molecule has 3 N–H and O–H groups in total. The third-order valence-corrected chi connectivity index (χ3v) is 2.95. The number of hydrogen-bond donors (Lipinski definition) is 2. The molecule has 0 atom stereocenters. The lowest BCUT2D eigenvalue weighted by atomic mass is 10.3. The molecule has 0 unspecified atom stereocenters. The minimum absolute atomic E-state index is 0.228. The van der Waals surface area contributed by atoms with Crippen molar-refractivity contribution in [2.75, 3.05) is 18.1 Å². The predicted octanol–water partition coefficient (Wildman–Crippen LogP) is 2.67. The third-order valence-electron chi connectivity index (χ3n) is 2.41. The number of hydrogen-bond acceptors (Lipinski definition) is 4. The largest absolute Gasteiger partial charge is 0.382 e. The van der Waals surface area contributed by atoms with Crippen LogP contribution in [-0.4, -0.2) is 16.8 Å². The average molecular weight is 282 g/mol. The second kappa shape index (κ2) is 4.77. The van der Waals surface area contributed by atoms with Crippen LogP contribution in [0.4, 0.5) is 11.6 Å². The number of benzene rings is 1.